The Balaban J connectivity index is 2.52. The molecule has 1 aromatic heterocycles. The monoisotopic (exact) mass is 211 g/mol. The molecule has 0 saturated carbocycles. The normalized spacial score (nSPS) is 14.3. The number of azide groups is 1. The highest BCUT2D eigenvalue weighted by Gasteiger charge is 2.19. The average Bonchev–Trinajstić information content (AvgIpc) is 2.64. The van der Waals surface area contributed by atoms with Gasteiger partial charge in [-0.25, -0.2) is 0 Å². The van der Waals surface area contributed by atoms with E-state index in [1.54, 1.807) is 24.0 Å². The van der Waals surface area contributed by atoms with E-state index in [9.17, 15) is 10.2 Å². The van der Waals surface area contributed by atoms with Crippen molar-refractivity contribution in [1.29, 1.82) is 0 Å². The molecule has 0 aromatic carbocycles. The minimum Gasteiger partial charge on any atom is -0.390 e. The van der Waals surface area contributed by atoms with Gasteiger partial charge in [-0.1, -0.05) is 5.11 Å². The molecule has 7 heteroatoms. The summed E-state index contributed by atoms with van der Waals surface area (Å²) in [5, 5.41) is 26.4. The first-order valence-electron chi connectivity index (χ1n) is 4.51. The molecular formula is C8H13N5O2. The Morgan fingerprint density at radius 1 is 1.67 bits per heavy atom. The van der Waals surface area contributed by atoms with Crippen LogP contribution in [-0.2, 0) is 7.05 Å². The van der Waals surface area contributed by atoms with E-state index in [4.69, 9.17) is 5.53 Å². The van der Waals surface area contributed by atoms with Gasteiger partial charge in [0, 0.05) is 24.7 Å². The predicted octanol–water partition coefficient (Wildman–Crippen LogP) is 0.515. The van der Waals surface area contributed by atoms with Gasteiger partial charge in [0.15, 0.2) is 0 Å². The summed E-state index contributed by atoms with van der Waals surface area (Å²) in [7, 11) is 1.72. The molecule has 0 aliphatic carbocycles. The molecular weight excluding hydrogens is 198 g/mol. The molecule has 0 spiro atoms. The molecule has 7 nitrogen and oxygen atoms in total. The van der Waals surface area contributed by atoms with Crippen molar-refractivity contribution in [2.75, 3.05) is 6.54 Å². The van der Waals surface area contributed by atoms with E-state index in [2.05, 4.69) is 15.1 Å². The number of aliphatic hydroxyl groups is 2. The molecule has 2 atom stereocenters. The highest BCUT2D eigenvalue weighted by molar-refractivity contribution is 5.04. The van der Waals surface area contributed by atoms with Crippen LogP contribution in [-0.4, -0.2) is 32.6 Å². The van der Waals surface area contributed by atoms with Crippen LogP contribution < -0.4 is 0 Å². The predicted molar refractivity (Wildman–Crippen MR) is 52.8 cm³/mol. The first kappa shape index (κ1) is 11.5. The fraction of sp³-hybridized carbons (Fsp3) is 0.625. The van der Waals surface area contributed by atoms with E-state index in [1.807, 2.05) is 0 Å². The van der Waals surface area contributed by atoms with E-state index >= 15 is 0 Å². The summed E-state index contributed by atoms with van der Waals surface area (Å²) >= 11 is 0. The molecule has 0 radical (unpaired) electrons. The van der Waals surface area contributed by atoms with Crippen LogP contribution in [0.4, 0.5) is 0 Å². The summed E-state index contributed by atoms with van der Waals surface area (Å²) in [6.45, 7) is 0.154. The molecule has 2 unspecified atom stereocenters. The number of hydrogen-bond donors (Lipinski definition) is 2. The highest BCUT2D eigenvalue weighted by atomic mass is 16.3. The minimum atomic E-state index is -1.04. The fourth-order valence-electron chi connectivity index (χ4n) is 1.18. The van der Waals surface area contributed by atoms with E-state index in [1.165, 1.54) is 0 Å². The zero-order valence-corrected chi connectivity index (χ0v) is 8.35. The largest absolute Gasteiger partial charge is 0.390 e. The molecule has 1 heterocycles. The Labute approximate surface area is 86.6 Å². The van der Waals surface area contributed by atoms with Gasteiger partial charge in [-0.3, -0.25) is 4.68 Å². The van der Waals surface area contributed by atoms with Gasteiger partial charge < -0.3 is 10.2 Å². The lowest BCUT2D eigenvalue weighted by Gasteiger charge is -2.14. The Morgan fingerprint density at radius 2 is 2.40 bits per heavy atom. The maximum Gasteiger partial charge on any atom is 0.124 e. The van der Waals surface area contributed by atoms with Crippen LogP contribution in [0.5, 0.6) is 0 Å². The first-order valence-corrected chi connectivity index (χ1v) is 4.51. The number of aryl methyl sites for hydroxylation is 1. The fourth-order valence-corrected chi connectivity index (χ4v) is 1.18. The van der Waals surface area contributed by atoms with Crippen LogP contribution in [0.1, 0.15) is 18.2 Å². The van der Waals surface area contributed by atoms with Gasteiger partial charge >= 0.3 is 0 Å². The van der Waals surface area contributed by atoms with Crippen molar-refractivity contribution in [2.24, 2.45) is 12.2 Å². The number of aliphatic hydroxyl groups excluding tert-OH is 2. The van der Waals surface area contributed by atoms with Crippen molar-refractivity contribution in [2.45, 2.75) is 18.6 Å². The summed E-state index contributed by atoms with van der Waals surface area (Å²) in [5.41, 5.74) is 8.44. The smallest absolute Gasteiger partial charge is 0.124 e. The molecule has 0 aliphatic heterocycles. The van der Waals surface area contributed by atoms with E-state index in [-0.39, 0.29) is 13.0 Å². The van der Waals surface area contributed by atoms with Crippen molar-refractivity contribution in [3.8, 4) is 0 Å². The van der Waals surface area contributed by atoms with Gasteiger partial charge in [-0.15, -0.1) is 0 Å². The third-order valence-corrected chi connectivity index (χ3v) is 1.99. The van der Waals surface area contributed by atoms with Gasteiger partial charge in [0.05, 0.1) is 11.8 Å². The maximum atomic E-state index is 9.64. The average molecular weight is 211 g/mol. The van der Waals surface area contributed by atoms with Crippen molar-refractivity contribution < 1.29 is 10.2 Å². The molecule has 15 heavy (non-hydrogen) atoms. The van der Waals surface area contributed by atoms with Crippen molar-refractivity contribution in [3.63, 3.8) is 0 Å². The Kier molecular flexibility index (Phi) is 4.11. The Bertz CT molecular complexity index is 358. The SMILES string of the molecule is Cn1ccc(C(O)C(O)CCN=[N+]=[N-])n1. The van der Waals surface area contributed by atoms with Crippen molar-refractivity contribution in [1.82, 2.24) is 9.78 Å². The molecule has 0 saturated heterocycles. The first-order chi connectivity index (χ1) is 7.15. The molecule has 0 aliphatic rings. The molecule has 2 N–H and O–H groups in total. The zero-order valence-electron chi connectivity index (χ0n) is 8.35. The van der Waals surface area contributed by atoms with Gasteiger partial charge in [0.2, 0.25) is 0 Å². The van der Waals surface area contributed by atoms with Gasteiger partial charge in [0.1, 0.15) is 6.10 Å². The Hall–Kier alpha value is -1.56. The van der Waals surface area contributed by atoms with Gasteiger partial charge in [-0.2, -0.15) is 5.10 Å². The summed E-state index contributed by atoms with van der Waals surface area (Å²) < 4.78 is 1.54. The van der Waals surface area contributed by atoms with Crippen molar-refractivity contribution >= 4 is 0 Å². The number of aromatic nitrogens is 2. The highest BCUT2D eigenvalue weighted by Crippen LogP contribution is 2.16. The van der Waals surface area contributed by atoms with E-state index < -0.39 is 12.2 Å². The second-order valence-electron chi connectivity index (χ2n) is 3.17. The maximum absolute atomic E-state index is 9.64. The lowest BCUT2D eigenvalue weighted by molar-refractivity contribution is 0.0122. The van der Waals surface area contributed by atoms with Crippen LogP contribution >= 0.6 is 0 Å². The zero-order chi connectivity index (χ0) is 11.3. The van der Waals surface area contributed by atoms with Crippen LogP contribution in [0.3, 0.4) is 0 Å². The molecule has 0 fully saturated rings. The molecule has 0 amide bonds. The number of nitrogens with zero attached hydrogens (tertiary/aromatic N) is 5. The third-order valence-electron chi connectivity index (χ3n) is 1.99. The van der Waals surface area contributed by atoms with Crippen LogP contribution in [0, 0.1) is 0 Å². The van der Waals surface area contributed by atoms with Gasteiger partial charge in [0.25, 0.3) is 0 Å². The lowest BCUT2D eigenvalue weighted by atomic mass is 10.1. The summed E-state index contributed by atoms with van der Waals surface area (Å²) in [5.74, 6) is 0. The van der Waals surface area contributed by atoms with E-state index in [0.717, 1.165) is 0 Å². The van der Waals surface area contributed by atoms with Crippen LogP contribution in [0.2, 0.25) is 0 Å². The molecule has 1 aromatic rings. The Morgan fingerprint density at radius 3 is 2.93 bits per heavy atom. The summed E-state index contributed by atoms with van der Waals surface area (Å²) in [4.78, 5) is 2.56. The van der Waals surface area contributed by atoms with Crippen LogP contribution in [0.15, 0.2) is 17.4 Å². The number of hydrogen-bond acceptors (Lipinski definition) is 4. The van der Waals surface area contributed by atoms with Gasteiger partial charge in [-0.05, 0) is 18.0 Å². The summed E-state index contributed by atoms with van der Waals surface area (Å²) in [6, 6.07) is 1.63. The second-order valence-corrected chi connectivity index (χ2v) is 3.17. The summed E-state index contributed by atoms with van der Waals surface area (Å²) in [6.07, 6.45) is -0.119. The minimum absolute atomic E-state index is 0.154. The lowest BCUT2D eigenvalue weighted by Crippen LogP contribution is -2.19. The molecule has 0 bridgehead atoms. The third kappa shape index (κ3) is 3.25. The van der Waals surface area contributed by atoms with Crippen LogP contribution in [0.25, 0.3) is 10.4 Å². The number of rotatable bonds is 5. The molecule has 1 rings (SSSR count). The topological polar surface area (TPSA) is 107 Å². The quantitative estimate of drug-likeness (QED) is 0.421. The molecule has 82 valence electrons. The van der Waals surface area contributed by atoms with E-state index in [0.29, 0.717) is 5.69 Å². The second kappa shape index (κ2) is 5.35. The standard InChI is InChI=1S/C8H13N5O2/c1-13-5-3-6(11-13)8(15)7(14)2-4-10-12-9/h3,5,7-8,14-15H,2,4H2,1H3. The van der Waals surface area contributed by atoms with Crippen molar-refractivity contribution in [3.05, 3.63) is 28.4 Å².